The van der Waals surface area contributed by atoms with Crippen molar-refractivity contribution in [2.45, 2.75) is 12.8 Å². The zero-order valence-corrected chi connectivity index (χ0v) is 6.24. The van der Waals surface area contributed by atoms with Gasteiger partial charge in [0.25, 0.3) is 0 Å². The highest BCUT2D eigenvalue weighted by atomic mass is 32.2. The Hall–Kier alpha value is -0.370. The van der Waals surface area contributed by atoms with Gasteiger partial charge in [0.15, 0.2) is 0 Å². The van der Waals surface area contributed by atoms with Crippen molar-refractivity contribution < 1.29 is 5.11 Å². The van der Waals surface area contributed by atoms with Crippen LogP contribution < -0.4 is 0 Å². The molecule has 9 heavy (non-hydrogen) atoms. The Bertz CT molecular complexity index is 158. The third kappa shape index (κ3) is 1.52. The maximum Gasteiger partial charge on any atom is 0.124 e. The van der Waals surface area contributed by atoms with Crippen LogP contribution in [0.5, 0.6) is 0 Å². The number of hydrogen-bond acceptors (Lipinski definition) is 2. The van der Waals surface area contributed by atoms with E-state index in [4.69, 9.17) is 5.11 Å². The summed E-state index contributed by atoms with van der Waals surface area (Å²) in [6, 6.07) is 0. The summed E-state index contributed by atoms with van der Waals surface area (Å²) < 4.78 is 0. The monoisotopic (exact) mass is 142 g/mol. The summed E-state index contributed by atoms with van der Waals surface area (Å²) in [5.74, 6) is 0.453. The van der Waals surface area contributed by atoms with Gasteiger partial charge < -0.3 is 5.11 Å². The van der Waals surface area contributed by atoms with E-state index in [0.29, 0.717) is 5.76 Å². The zero-order chi connectivity index (χ0) is 6.69. The summed E-state index contributed by atoms with van der Waals surface area (Å²) in [6.07, 6.45) is 7.83. The van der Waals surface area contributed by atoms with E-state index < -0.39 is 0 Å². The van der Waals surface area contributed by atoms with E-state index in [-0.39, 0.29) is 0 Å². The predicted octanol–water partition coefficient (Wildman–Crippen LogP) is 2.47. The van der Waals surface area contributed by atoms with Crippen molar-refractivity contribution in [1.82, 2.24) is 0 Å². The summed E-state index contributed by atoms with van der Waals surface area (Å²) in [4.78, 5) is 1.11. The van der Waals surface area contributed by atoms with Gasteiger partial charge in [-0.3, -0.25) is 0 Å². The number of aliphatic hydroxyl groups excluding tert-OH is 1. The number of thioether (sulfide) groups is 1. The molecule has 0 atom stereocenters. The van der Waals surface area contributed by atoms with Crippen LogP contribution in [0, 0.1) is 0 Å². The molecule has 1 nitrogen and oxygen atoms in total. The van der Waals surface area contributed by atoms with Crippen molar-refractivity contribution in [3.8, 4) is 0 Å². The first-order chi connectivity index (χ1) is 4.34. The molecule has 0 spiro atoms. The minimum atomic E-state index is 0.453. The molecule has 0 unspecified atom stereocenters. The summed E-state index contributed by atoms with van der Waals surface area (Å²) in [6.45, 7) is 0. The Morgan fingerprint density at radius 1 is 1.67 bits per heavy atom. The Kier molecular flexibility index (Phi) is 2.22. The molecule has 1 aliphatic carbocycles. The van der Waals surface area contributed by atoms with E-state index in [1.165, 1.54) is 0 Å². The van der Waals surface area contributed by atoms with Gasteiger partial charge in [-0.05, 0) is 25.2 Å². The molecule has 0 fully saturated rings. The minimum Gasteiger partial charge on any atom is -0.507 e. The van der Waals surface area contributed by atoms with Crippen molar-refractivity contribution in [2.75, 3.05) is 6.26 Å². The highest BCUT2D eigenvalue weighted by Crippen LogP contribution is 2.25. The Balaban J connectivity index is 2.72. The maximum atomic E-state index is 9.14. The second kappa shape index (κ2) is 2.97. The largest absolute Gasteiger partial charge is 0.507 e. The molecule has 0 saturated heterocycles. The van der Waals surface area contributed by atoms with Crippen LogP contribution in [-0.4, -0.2) is 11.4 Å². The van der Waals surface area contributed by atoms with E-state index in [1.807, 2.05) is 12.3 Å². The van der Waals surface area contributed by atoms with Crippen LogP contribution in [0.4, 0.5) is 0 Å². The van der Waals surface area contributed by atoms with Gasteiger partial charge in [0.2, 0.25) is 0 Å². The Morgan fingerprint density at radius 3 is 2.89 bits per heavy atom. The molecule has 50 valence electrons. The predicted molar refractivity (Wildman–Crippen MR) is 41.5 cm³/mol. The van der Waals surface area contributed by atoms with Gasteiger partial charge in [-0.25, -0.2) is 0 Å². The molecule has 1 rings (SSSR count). The van der Waals surface area contributed by atoms with Crippen LogP contribution in [0.15, 0.2) is 22.8 Å². The maximum absolute atomic E-state index is 9.14. The molecule has 0 amide bonds. The standard InChI is InChI=1S/C7H10OS/c1-9-7-5-3-2-4-6(7)8/h2,4,8H,3,5H2,1H3. The van der Waals surface area contributed by atoms with Gasteiger partial charge in [0.1, 0.15) is 5.76 Å². The lowest BCUT2D eigenvalue weighted by atomic mass is 10.2. The first-order valence-corrected chi connectivity index (χ1v) is 4.19. The average molecular weight is 142 g/mol. The SMILES string of the molecule is CSC1=C(O)C=CCC1. The molecular weight excluding hydrogens is 132 g/mol. The summed E-state index contributed by atoms with van der Waals surface area (Å²) in [7, 11) is 0. The lowest BCUT2D eigenvalue weighted by Crippen LogP contribution is -1.89. The van der Waals surface area contributed by atoms with E-state index >= 15 is 0 Å². The van der Waals surface area contributed by atoms with E-state index in [2.05, 4.69) is 0 Å². The lowest BCUT2D eigenvalue weighted by Gasteiger charge is -2.07. The Labute approximate surface area is 59.5 Å². The quantitative estimate of drug-likeness (QED) is 0.607. The fraction of sp³-hybridized carbons (Fsp3) is 0.429. The van der Waals surface area contributed by atoms with Gasteiger partial charge in [0, 0.05) is 4.91 Å². The molecular formula is C7H10OS. The molecule has 2 heteroatoms. The van der Waals surface area contributed by atoms with Gasteiger partial charge in [0.05, 0.1) is 0 Å². The van der Waals surface area contributed by atoms with Crippen LogP contribution in [0.25, 0.3) is 0 Å². The highest BCUT2D eigenvalue weighted by Gasteiger charge is 2.03. The van der Waals surface area contributed by atoms with Crippen molar-refractivity contribution in [1.29, 1.82) is 0 Å². The number of aliphatic hydroxyl groups is 1. The normalized spacial score (nSPS) is 18.8. The summed E-state index contributed by atoms with van der Waals surface area (Å²) in [5, 5.41) is 9.14. The first-order valence-electron chi connectivity index (χ1n) is 2.97. The van der Waals surface area contributed by atoms with E-state index in [9.17, 15) is 0 Å². The molecule has 1 aliphatic rings. The van der Waals surface area contributed by atoms with Crippen LogP contribution in [0.3, 0.4) is 0 Å². The van der Waals surface area contributed by atoms with Crippen molar-refractivity contribution in [2.24, 2.45) is 0 Å². The first kappa shape index (κ1) is 6.75. The molecule has 0 saturated carbocycles. The number of hydrogen-bond donors (Lipinski definition) is 1. The second-order valence-electron chi connectivity index (χ2n) is 1.95. The van der Waals surface area contributed by atoms with Gasteiger partial charge >= 0.3 is 0 Å². The molecule has 1 N–H and O–H groups in total. The molecule has 0 bridgehead atoms. The third-order valence-electron chi connectivity index (χ3n) is 1.35. The van der Waals surface area contributed by atoms with E-state index in [0.717, 1.165) is 17.7 Å². The highest BCUT2D eigenvalue weighted by molar-refractivity contribution is 8.02. The molecule has 0 aromatic carbocycles. The third-order valence-corrected chi connectivity index (χ3v) is 2.25. The minimum absolute atomic E-state index is 0.453. The van der Waals surface area contributed by atoms with Gasteiger partial charge in [-0.15, -0.1) is 11.8 Å². The smallest absolute Gasteiger partial charge is 0.124 e. The number of rotatable bonds is 1. The molecule has 0 aliphatic heterocycles. The van der Waals surface area contributed by atoms with Crippen molar-refractivity contribution in [3.05, 3.63) is 22.8 Å². The van der Waals surface area contributed by atoms with Crippen LogP contribution in [-0.2, 0) is 0 Å². The summed E-state index contributed by atoms with van der Waals surface area (Å²) >= 11 is 1.63. The fourth-order valence-electron chi connectivity index (χ4n) is 0.837. The molecule has 0 aromatic rings. The van der Waals surface area contributed by atoms with Crippen LogP contribution in [0.1, 0.15) is 12.8 Å². The van der Waals surface area contributed by atoms with E-state index in [1.54, 1.807) is 17.8 Å². The Morgan fingerprint density at radius 2 is 2.44 bits per heavy atom. The summed E-state index contributed by atoms with van der Waals surface area (Å²) in [5.41, 5.74) is 0. The molecule has 0 radical (unpaired) electrons. The van der Waals surface area contributed by atoms with Crippen LogP contribution in [0.2, 0.25) is 0 Å². The van der Waals surface area contributed by atoms with Crippen molar-refractivity contribution >= 4 is 11.8 Å². The topological polar surface area (TPSA) is 20.2 Å². The number of allylic oxidation sites excluding steroid dienone is 3. The van der Waals surface area contributed by atoms with Crippen molar-refractivity contribution in [3.63, 3.8) is 0 Å². The van der Waals surface area contributed by atoms with Gasteiger partial charge in [-0.2, -0.15) is 0 Å². The second-order valence-corrected chi connectivity index (χ2v) is 2.85. The van der Waals surface area contributed by atoms with Crippen LogP contribution >= 0.6 is 11.8 Å². The lowest BCUT2D eigenvalue weighted by molar-refractivity contribution is 0.425. The zero-order valence-electron chi connectivity index (χ0n) is 5.42. The fourth-order valence-corrected chi connectivity index (χ4v) is 1.44. The molecule has 0 heterocycles. The average Bonchev–Trinajstić information content (AvgIpc) is 1.89. The molecule has 0 aromatic heterocycles. The van der Waals surface area contributed by atoms with Gasteiger partial charge in [-0.1, -0.05) is 6.08 Å².